The Kier molecular flexibility index (Phi) is 4.36. The van der Waals surface area contributed by atoms with E-state index in [4.69, 9.17) is 9.47 Å². The summed E-state index contributed by atoms with van der Waals surface area (Å²) in [7, 11) is 3.00. The normalized spacial score (nSPS) is 25.9. The van der Waals surface area contributed by atoms with E-state index in [0.29, 0.717) is 17.2 Å². The number of benzene rings is 2. The van der Waals surface area contributed by atoms with E-state index in [1.807, 2.05) is 41.4 Å². The van der Waals surface area contributed by atoms with Crippen molar-refractivity contribution >= 4 is 29.4 Å². The average molecular weight is 418 g/mol. The van der Waals surface area contributed by atoms with E-state index < -0.39 is 17.9 Å². The quantitative estimate of drug-likeness (QED) is 0.711. The van der Waals surface area contributed by atoms with Gasteiger partial charge in [-0.25, -0.2) is 4.90 Å². The van der Waals surface area contributed by atoms with Crippen molar-refractivity contribution in [3.8, 4) is 11.5 Å². The van der Waals surface area contributed by atoms with E-state index in [1.165, 1.54) is 26.0 Å². The lowest BCUT2D eigenvalue weighted by Crippen LogP contribution is -2.43. The second-order valence-electron chi connectivity index (χ2n) is 7.99. The molecule has 7 heteroatoms. The van der Waals surface area contributed by atoms with Gasteiger partial charge in [-0.2, -0.15) is 0 Å². The minimum atomic E-state index is -0.762. The molecule has 0 saturated carbocycles. The monoisotopic (exact) mass is 418 g/mol. The van der Waals surface area contributed by atoms with Gasteiger partial charge < -0.3 is 14.4 Å². The Hall–Kier alpha value is -3.61. The lowest BCUT2D eigenvalue weighted by atomic mass is 9.84. The number of rotatable bonds is 4. The average Bonchev–Trinajstić information content (AvgIpc) is 3.26. The van der Waals surface area contributed by atoms with Crippen LogP contribution in [0.5, 0.6) is 11.5 Å². The summed E-state index contributed by atoms with van der Waals surface area (Å²) in [6.07, 6.45) is 3.77. The van der Waals surface area contributed by atoms with Crippen LogP contribution >= 0.6 is 0 Å². The van der Waals surface area contributed by atoms with Crippen molar-refractivity contribution in [1.82, 2.24) is 4.90 Å². The highest BCUT2D eigenvalue weighted by atomic mass is 16.5. The number of fused-ring (bicyclic) bond motifs is 5. The molecule has 3 aliphatic rings. The smallest absolute Gasteiger partial charge is 0.240 e. The van der Waals surface area contributed by atoms with Crippen LogP contribution in [-0.4, -0.2) is 42.8 Å². The number of ether oxygens (including phenoxy) is 2. The largest absolute Gasteiger partial charge is 0.497 e. The third-order valence-electron chi connectivity index (χ3n) is 6.51. The van der Waals surface area contributed by atoms with Gasteiger partial charge in [0, 0.05) is 12.3 Å². The van der Waals surface area contributed by atoms with E-state index in [1.54, 1.807) is 18.2 Å². The first-order chi connectivity index (χ1) is 15.0. The molecule has 0 radical (unpaired) electrons. The molecule has 4 unspecified atom stereocenters. The number of Topliss-reactive ketones (excluding diaryl/α,β-unsaturated/α-hetero) is 1. The minimum Gasteiger partial charge on any atom is -0.497 e. The number of anilines is 1. The Morgan fingerprint density at radius 2 is 1.71 bits per heavy atom. The van der Waals surface area contributed by atoms with Crippen molar-refractivity contribution < 1.29 is 23.9 Å². The van der Waals surface area contributed by atoms with Gasteiger partial charge >= 0.3 is 0 Å². The topological polar surface area (TPSA) is 76.2 Å². The minimum absolute atomic E-state index is 0.137. The van der Waals surface area contributed by atoms with Gasteiger partial charge in [0.2, 0.25) is 11.8 Å². The van der Waals surface area contributed by atoms with E-state index in [2.05, 4.69) is 0 Å². The molecule has 2 saturated heterocycles. The van der Waals surface area contributed by atoms with Crippen molar-refractivity contribution in [3.63, 3.8) is 0 Å². The Bertz CT molecular complexity index is 1140. The van der Waals surface area contributed by atoms with E-state index >= 15 is 0 Å². The van der Waals surface area contributed by atoms with Crippen molar-refractivity contribution in [3.05, 3.63) is 59.8 Å². The molecule has 0 spiro atoms. The summed E-state index contributed by atoms with van der Waals surface area (Å²) < 4.78 is 10.7. The SMILES string of the molecule is COc1ccc(OC)c(N2C(=O)C3C(C2=O)C2c4ccccc4C=CN2C3C(C)=O)c1. The van der Waals surface area contributed by atoms with E-state index in [0.717, 1.165) is 11.1 Å². The molecule has 4 atom stereocenters. The van der Waals surface area contributed by atoms with Gasteiger partial charge in [0.25, 0.3) is 0 Å². The number of hydrogen-bond acceptors (Lipinski definition) is 6. The Balaban J connectivity index is 1.66. The fraction of sp³-hybridized carbons (Fsp3) is 0.292. The standard InChI is InChI=1S/C24H22N2O5/c1-13(27)21-19-20(22-16-7-5-4-6-14(16)10-11-25(21)22)24(29)26(23(19)28)17-12-15(30-2)8-9-18(17)31-3/h4-12,19-22H,1-3H3. The molecule has 7 nitrogen and oxygen atoms in total. The molecule has 31 heavy (non-hydrogen) atoms. The summed E-state index contributed by atoms with van der Waals surface area (Å²) in [5.41, 5.74) is 2.27. The molecular weight excluding hydrogens is 396 g/mol. The molecule has 0 aliphatic carbocycles. The Morgan fingerprint density at radius 1 is 0.968 bits per heavy atom. The second kappa shape index (κ2) is 6.97. The van der Waals surface area contributed by atoms with Crippen LogP contribution in [0.3, 0.4) is 0 Å². The van der Waals surface area contributed by atoms with Crippen LogP contribution < -0.4 is 14.4 Å². The molecule has 3 aliphatic heterocycles. The summed E-state index contributed by atoms with van der Waals surface area (Å²) >= 11 is 0. The van der Waals surface area contributed by atoms with E-state index in [-0.39, 0.29) is 23.6 Å². The van der Waals surface area contributed by atoms with Gasteiger partial charge in [0.15, 0.2) is 5.78 Å². The zero-order chi connectivity index (χ0) is 21.9. The molecule has 2 amide bonds. The Morgan fingerprint density at radius 3 is 2.42 bits per heavy atom. The first-order valence-corrected chi connectivity index (χ1v) is 10.1. The number of amides is 2. The molecule has 5 rings (SSSR count). The third-order valence-corrected chi connectivity index (χ3v) is 6.51. The first kappa shape index (κ1) is 19.4. The van der Waals surface area contributed by atoms with Gasteiger partial charge in [0.1, 0.15) is 11.5 Å². The number of carbonyl (C=O) groups excluding carboxylic acids is 3. The van der Waals surface area contributed by atoms with Crippen molar-refractivity contribution in [1.29, 1.82) is 0 Å². The second-order valence-corrected chi connectivity index (χ2v) is 7.99. The first-order valence-electron chi connectivity index (χ1n) is 10.1. The summed E-state index contributed by atoms with van der Waals surface area (Å²) in [4.78, 5) is 43.1. The number of carbonyl (C=O) groups is 3. The van der Waals surface area contributed by atoms with Gasteiger partial charge in [0.05, 0.1) is 43.8 Å². The lowest BCUT2D eigenvalue weighted by molar-refractivity contribution is -0.129. The van der Waals surface area contributed by atoms with Crippen LogP contribution in [0.1, 0.15) is 24.1 Å². The highest BCUT2D eigenvalue weighted by molar-refractivity contribution is 6.24. The summed E-state index contributed by atoms with van der Waals surface area (Å²) in [6, 6.07) is 11.7. The van der Waals surface area contributed by atoms with Gasteiger partial charge in [-0.1, -0.05) is 24.3 Å². The highest BCUT2D eigenvalue weighted by Gasteiger charge is 2.64. The zero-order valence-electron chi connectivity index (χ0n) is 17.4. The molecule has 158 valence electrons. The zero-order valence-corrected chi connectivity index (χ0v) is 17.4. The van der Waals surface area contributed by atoms with Crippen molar-refractivity contribution in [2.24, 2.45) is 11.8 Å². The van der Waals surface area contributed by atoms with Crippen molar-refractivity contribution in [2.75, 3.05) is 19.1 Å². The maximum Gasteiger partial charge on any atom is 0.240 e. The summed E-state index contributed by atoms with van der Waals surface area (Å²) in [5.74, 6) is -1.38. The lowest BCUT2D eigenvalue weighted by Gasteiger charge is -2.35. The molecule has 2 aromatic rings. The number of hydrogen-bond donors (Lipinski definition) is 0. The maximum atomic E-state index is 13.7. The predicted octanol–water partition coefficient (Wildman–Crippen LogP) is 2.81. The molecule has 2 aromatic carbocycles. The number of imide groups is 1. The molecule has 0 N–H and O–H groups in total. The van der Waals surface area contributed by atoms with Crippen LogP contribution in [0, 0.1) is 11.8 Å². The summed E-state index contributed by atoms with van der Waals surface area (Å²) in [5, 5.41) is 0. The maximum absolute atomic E-state index is 13.7. The van der Waals surface area contributed by atoms with Gasteiger partial charge in [-0.15, -0.1) is 0 Å². The van der Waals surface area contributed by atoms with Crippen molar-refractivity contribution in [2.45, 2.75) is 19.0 Å². The fourth-order valence-electron chi connectivity index (χ4n) is 5.23. The predicted molar refractivity (Wildman–Crippen MR) is 114 cm³/mol. The van der Waals surface area contributed by atoms with Crippen LogP contribution in [0.25, 0.3) is 6.08 Å². The Labute approximate surface area is 179 Å². The van der Waals surface area contributed by atoms with Gasteiger partial charge in [-0.3, -0.25) is 14.4 Å². The fourth-order valence-corrected chi connectivity index (χ4v) is 5.23. The number of ketones is 1. The molecule has 0 bridgehead atoms. The number of methoxy groups -OCH3 is 2. The van der Waals surface area contributed by atoms with E-state index in [9.17, 15) is 14.4 Å². The number of nitrogens with zero attached hydrogens (tertiary/aromatic N) is 2. The van der Waals surface area contributed by atoms with Crippen LogP contribution in [-0.2, 0) is 14.4 Å². The third kappa shape index (κ3) is 2.62. The highest BCUT2D eigenvalue weighted by Crippen LogP contribution is 2.54. The molecule has 0 aromatic heterocycles. The van der Waals surface area contributed by atoms with Gasteiger partial charge in [-0.05, 0) is 36.3 Å². The molecule has 2 fully saturated rings. The summed E-state index contributed by atoms with van der Waals surface area (Å²) in [6.45, 7) is 1.48. The van der Waals surface area contributed by atoms with Crippen LogP contribution in [0.2, 0.25) is 0 Å². The van der Waals surface area contributed by atoms with Crippen LogP contribution in [0.15, 0.2) is 48.7 Å². The van der Waals surface area contributed by atoms with Crippen LogP contribution in [0.4, 0.5) is 5.69 Å². The molecule has 3 heterocycles. The molecular formula is C24H22N2O5.